The number of esters is 1. The van der Waals surface area contributed by atoms with Gasteiger partial charge >= 0.3 is 5.97 Å². The zero-order chi connectivity index (χ0) is 11.5. The van der Waals surface area contributed by atoms with Crippen LogP contribution in [0.5, 0.6) is 5.75 Å². The van der Waals surface area contributed by atoms with Gasteiger partial charge in [-0.2, -0.15) is 0 Å². The third kappa shape index (κ3) is 1.86. The van der Waals surface area contributed by atoms with Crippen molar-refractivity contribution in [1.82, 2.24) is 0 Å². The number of fused-ring (bicyclic) bond motifs is 1. The molecule has 16 heavy (non-hydrogen) atoms. The Hall–Kier alpha value is -1.97. The van der Waals surface area contributed by atoms with Crippen molar-refractivity contribution in [2.24, 2.45) is 0 Å². The van der Waals surface area contributed by atoms with Gasteiger partial charge in [-0.05, 0) is 24.3 Å². The van der Waals surface area contributed by atoms with E-state index in [4.69, 9.17) is 4.74 Å². The first-order valence-corrected chi connectivity index (χ1v) is 4.97. The van der Waals surface area contributed by atoms with Crippen LogP contribution in [-0.4, -0.2) is 24.8 Å². The molecule has 4 heteroatoms. The zero-order valence-corrected chi connectivity index (χ0v) is 8.90. The van der Waals surface area contributed by atoms with Crippen molar-refractivity contribution < 1.29 is 19.4 Å². The highest BCUT2D eigenvalue weighted by Crippen LogP contribution is 2.28. The van der Waals surface area contributed by atoms with Crippen molar-refractivity contribution in [2.45, 2.75) is 6.42 Å². The molecule has 0 aromatic heterocycles. The van der Waals surface area contributed by atoms with Gasteiger partial charge in [0.05, 0.1) is 24.8 Å². The Labute approximate surface area is 93.1 Å². The average molecular weight is 220 g/mol. The summed E-state index contributed by atoms with van der Waals surface area (Å²) in [5.41, 5.74) is 0.923. The van der Waals surface area contributed by atoms with Crippen LogP contribution in [-0.2, 0) is 4.74 Å². The van der Waals surface area contributed by atoms with E-state index in [-0.39, 0.29) is 5.76 Å². The van der Waals surface area contributed by atoms with E-state index in [0.29, 0.717) is 29.9 Å². The lowest BCUT2D eigenvalue weighted by Gasteiger charge is -2.08. The van der Waals surface area contributed by atoms with E-state index in [1.165, 1.54) is 7.11 Å². The van der Waals surface area contributed by atoms with Crippen LogP contribution in [0.3, 0.4) is 0 Å². The Balaban J connectivity index is 2.46. The summed E-state index contributed by atoms with van der Waals surface area (Å²) in [6.45, 7) is 0.522. The summed E-state index contributed by atoms with van der Waals surface area (Å²) < 4.78 is 10.0. The van der Waals surface area contributed by atoms with Gasteiger partial charge in [0.2, 0.25) is 0 Å². The van der Waals surface area contributed by atoms with E-state index in [9.17, 15) is 9.90 Å². The van der Waals surface area contributed by atoms with Gasteiger partial charge < -0.3 is 14.6 Å². The molecule has 1 aromatic rings. The molecule has 1 aliphatic heterocycles. The molecule has 0 saturated heterocycles. The minimum absolute atomic E-state index is 0.137. The monoisotopic (exact) mass is 220 g/mol. The number of rotatable bonds is 1. The van der Waals surface area contributed by atoms with Crippen LogP contribution in [0.25, 0.3) is 5.76 Å². The molecule has 1 aromatic carbocycles. The summed E-state index contributed by atoms with van der Waals surface area (Å²) in [6.07, 6.45) is 2.32. The van der Waals surface area contributed by atoms with Crippen LogP contribution >= 0.6 is 0 Å². The van der Waals surface area contributed by atoms with Gasteiger partial charge in [0.25, 0.3) is 0 Å². The van der Waals surface area contributed by atoms with Crippen LogP contribution in [0.2, 0.25) is 0 Å². The summed E-state index contributed by atoms with van der Waals surface area (Å²) in [7, 11) is 1.32. The zero-order valence-electron chi connectivity index (χ0n) is 8.90. The number of aliphatic hydroxyl groups excluding tert-OH is 1. The fraction of sp³-hybridized carbons (Fsp3) is 0.250. The van der Waals surface area contributed by atoms with Crippen molar-refractivity contribution in [3.8, 4) is 5.75 Å². The van der Waals surface area contributed by atoms with Crippen molar-refractivity contribution >= 4 is 11.7 Å². The molecule has 0 atom stereocenters. The van der Waals surface area contributed by atoms with Gasteiger partial charge in [0.15, 0.2) is 0 Å². The maximum absolute atomic E-state index is 11.3. The first-order chi connectivity index (χ1) is 7.72. The average Bonchev–Trinajstić information content (AvgIpc) is 2.50. The Morgan fingerprint density at radius 1 is 1.50 bits per heavy atom. The third-order valence-corrected chi connectivity index (χ3v) is 2.39. The Bertz CT molecular complexity index is 448. The van der Waals surface area contributed by atoms with Crippen LogP contribution in [0, 0.1) is 0 Å². The molecule has 2 rings (SSSR count). The Kier molecular flexibility index (Phi) is 2.81. The fourth-order valence-corrected chi connectivity index (χ4v) is 1.58. The van der Waals surface area contributed by atoms with E-state index in [2.05, 4.69) is 4.74 Å². The second-order valence-corrected chi connectivity index (χ2v) is 3.43. The highest BCUT2D eigenvalue weighted by Gasteiger charge is 2.15. The normalized spacial score (nSPS) is 14.2. The quantitative estimate of drug-likeness (QED) is 0.737. The standard InChI is InChI=1S/C12H12O4/c1-15-12(14)8-4-5-11-9(7-8)10(13)3-2-6-16-11/h3-5,7,13H,2,6H2,1H3. The minimum atomic E-state index is -0.431. The molecule has 4 nitrogen and oxygen atoms in total. The van der Waals surface area contributed by atoms with Gasteiger partial charge in [-0.25, -0.2) is 4.79 Å². The molecule has 0 radical (unpaired) electrons. The molecule has 1 heterocycles. The number of benzene rings is 1. The van der Waals surface area contributed by atoms with Crippen LogP contribution < -0.4 is 4.74 Å². The third-order valence-electron chi connectivity index (χ3n) is 2.39. The summed E-state index contributed by atoms with van der Waals surface area (Å²) in [5.74, 6) is 0.289. The predicted molar refractivity (Wildman–Crippen MR) is 58.5 cm³/mol. The number of hydrogen-bond donors (Lipinski definition) is 1. The van der Waals surface area contributed by atoms with Crippen LogP contribution in [0.1, 0.15) is 22.3 Å². The lowest BCUT2D eigenvalue weighted by molar-refractivity contribution is 0.0600. The van der Waals surface area contributed by atoms with Gasteiger partial charge in [-0.15, -0.1) is 0 Å². The molecule has 0 unspecified atom stereocenters. The summed E-state index contributed by atoms with van der Waals surface area (Å²) in [4.78, 5) is 11.3. The van der Waals surface area contributed by atoms with E-state index >= 15 is 0 Å². The second kappa shape index (κ2) is 4.26. The minimum Gasteiger partial charge on any atom is -0.508 e. The largest absolute Gasteiger partial charge is 0.508 e. The Morgan fingerprint density at radius 2 is 2.31 bits per heavy atom. The number of aliphatic hydroxyl groups is 1. The Morgan fingerprint density at radius 3 is 3.06 bits per heavy atom. The molecule has 0 spiro atoms. The fourth-order valence-electron chi connectivity index (χ4n) is 1.58. The molecule has 1 N–H and O–H groups in total. The lowest BCUT2D eigenvalue weighted by atomic mass is 10.1. The summed E-state index contributed by atoms with van der Waals surface area (Å²) in [6, 6.07) is 4.85. The molecule has 0 fully saturated rings. The molecule has 0 saturated carbocycles. The van der Waals surface area contributed by atoms with E-state index in [1.807, 2.05) is 0 Å². The maximum atomic E-state index is 11.3. The van der Waals surface area contributed by atoms with Gasteiger partial charge in [-0.3, -0.25) is 0 Å². The van der Waals surface area contributed by atoms with Crippen molar-refractivity contribution in [1.29, 1.82) is 0 Å². The van der Waals surface area contributed by atoms with Crippen molar-refractivity contribution in [2.75, 3.05) is 13.7 Å². The van der Waals surface area contributed by atoms with Crippen molar-refractivity contribution in [3.05, 3.63) is 35.4 Å². The number of carbonyl (C=O) groups is 1. The molecular weight excluding hydrogens is 208 g/mol. The first-order valence-electron chi connectivity index (χ1n) is 4.97. The first kappa shape index (κ1) is 10.5. The highest BCUT2D eigenvalue weighted by atomic mass is 16.5. The van der Waals surface area contributed by atoms with E-state index < -0.39 is 5.97 Å². The van der Waals surface area contributed by atoms with E-state index in [0.717, 1.165) is 0 Å². The summed E-state index contributed by atoms with van der Waals surface area (Å²) in [5, 5.41) is 9.75. The van der Waals surface area contributed by atoms with Gasteiger partial charge in [-0.1, -0.05) is 0 Å². The van der Waals surface area contributed by atoms with Gasteiger partial charge in [0, 0.05) is 6.42 Å². The topological polar surface area (TPSA) is 55.8 Å². The number of carbonyl (C=O) groups excluding carboxylic acids is 1. The SMILES string of the molecule is COC(=O)c1ccc2c(c1)C(O)=CCCO2. The van der Waals surface area contributed by atoms with Crippen LogP contribution in [0.15, 0.2) is 24.3 Å². The molecular formula is C12H12O4. The summed E-state index contributed by atoms with van der Waals surface area (Å²) >= 11 is 0. The highest BCUT2D eigenvalue weighted by molar-refractivity contribution is 5.90. The molecule has 84 valence electrons. The smallest absolute Gasteiger partial charge is 0.337 e. The molecule has 0 amide bonds. The van der Waals surface area contributed by atoms with Crippen LogP contribution in [0.4, 0.5) is 0 Å². The lowest BCUT2D eigenvalue weighted by Crippen LogP contribution is -2.03. The molecule has 0 aliphatic carbocycles. The predicted octanol–water partition coefficient (Wildman–Crippen LogP) is 2.15. The van der Waals surface area contributed by atoms with Crippen molar-refractivity contribution in [3.63, 3.8) is 0 Å². The molecule has 0 bridgehead atoms. The number of methoxy groups -OCH3 is 1. The number of hydrogen-bond acceptors (Lipinski definition) is 4. The number of ether oxygens (including phenoxy) is 2. The second-order valence-electron chi connectivity index (χ2n) is 3.43. The van der Waals surface area contributed by atoms with E-state index in [1.54, 1.807) is 24.3 Å². The molecule has 1 aliphatic rings. The maximum Gasteiger partial charge on any atom is 0.337 e. The van der Waals surface area contributed by atoms with Gasteiger partial charge in [0.1, 0.15) is 11.5 Å².